The fourth-order valence-electron chi connectivity index (χ4n) is 1.11. The number of ether oxygens (including phenoxy) is 1. The molecule has 0 saturated heterocycles. The van der Waals surface area contributed by atoms with Gasteiger partial charge in [0, 0.05) is 4.90 Å². The Morgan fingerprint density at radius 2 is 2.17 bits per heavy atom. The van der Waals surface area contributed by atoms with E-state index < -0.39 is 0 Å². The summed E-state index contributed by atoms with van der Waals surface area (Å²) in [5.74, 6) is 2.08. The highest BCUT2D eigenvalue weighted by molar-refractivity contribution is 7.99. The number of rotatable bonds is 3. The average molecular weight is 182 g/mol. The molecule has 1 rings (SSSR count). The molecular formula is C10H14OS. The maximum Gasteiger partial charge on any atom is 0.121 e. The monoisotopic (exact) mass is 182 g/mol. The van der Waals surface area contributed by atoms with Crippen LogP contribution in [-0.4, -0.2) is 12.9 Å². The Morgan fingerprint density at radius 3 is 2.67 bits per heavy atom. The maximum atomic E-state index is 5.17. The molecule has 0 spiro atoms. The van der Waals surface area contributed by atoms with Gasteiger partial charge in [0.05, 0.1) is 7.11 Å². The summed E-state index contributed by atoms with van der Waals surface area (Å²) in [5.41, 5.74) is 1.20. The van der Waals surface area contributed by atoms with E-state index in [0.717, 1.165) is 11.5 Å². The molecule has 2 heteroatoms. The van der Waals surface area contributed by atoms with Gasteiger partial charge in [-0.1, -0.05) is 6.92 Å². The van der Waals surface area contributed by atoms with Gasteiger partial charge in [0.15, 0.2) is 0 Å². The van der Waals surface area contributed by atoms with Gasteiger partial charge >= 0.3 is 0 Å². The third kappa shape index (κ3) is 2.18. The molecule has 66 valence electrons. The number of methoxy groups -OCH3 is 1. The van der Waals surface area contributed by atoms with Crippen LogP contribution in [0.5, 0.6) is 5.75 Å². The first kappa shape index (κ1) is 9.46. The van der Waals surface area contributed by atoms with Gasteiger partial charge in [0.1, 0.15) is 5.75 Å². The zero-order chi connectivity index (χ0) is 8.97. The molecular weight excluding hydrogens is 168 g/mol. The first-order chi connectivity index (χ1) is 5.77. The van der Waals surface area contributed by atoms with E-state index in [1.165, 1.54) is 10.5 Å². The molecule has 0 atom stereocenters. The van der Waals surface area contributed by atoms with Gasteiger partial charge in [-0.3, -0.25) is 0 Å². The lowest BCUT2D eigenvalue weighted by Gasteiger charge is -2.05. The molecule has 0 amide bonds. The van der Waals surface area contributed by atoms with Crippen molar-refractivity contribution in [1.82, 2.24) is 0 Å². The van der Waals surface area contributed by atoms with E-state index in [-0.39, 0.29) is 0 Å². The lowest BCUT2D eigenvalue weighted by Crippen LogP contribution is -1.86. The molecule has 1 nitrogen and oxygen atoms in total. The first-order valence-electron chi connectivity index (χ1n) is 4.05. The highest BCUT2D eigenvalue weighted by atomic mass is 32.2. The van der Waals surface area contributed by atoms with Crippen molar-refractivity contribution >= 4 is 11.8 Å². The van der Waals surface area contributed by atoms with Crippen LogP contribution in [-0.2, 0) is 0 Å². The Labute approximate surface area is 78.1 Å². The van der Waals surface area contributed by atoms with Gasteiger partial charge in [-0.15, -0.1) is 11.8 Å². The quantitative estimate of drug-likeness (QED) is 0.664. The minimum atomic E-state index is 0.968. The van der Waals surface area contributed by atoms with Crippen LogP contribution in [0, 0.1) is 6.92 Å². The van der Waals surface area contributed by atoms with E-state index >= 15 is 0 Å². The molecule has 0 heterocycles. The first-order valence-corrected chi connectivity index (χ1v) is 5.04. The van der Waals surface area contributed by atoms with Crippen LogP contribution >= 0.6 is 11.8 Å². The predicted molar refractivity (Wildman–Crippen MR) is 54.1 cm³/mol. The smallest absolute Gasteiger partial charge is 0.121 e. The van der Waals surface area contributed by atoms with Gasteiger partial charge in [-0.2, -0.15) is 0 Å². The number of hydrogen-bond donors (Lipinski definition) is 0. The SMILES string of the molecule is CCSc1ccc(OC)c(C)c1. The molecule has 0 aliphatic heterocycles. The van der Waals surface area contributed by atoms with Crippen molar-refractivity contribution in [2.75, 3.05) is 12.9 Å². The van der Waals surface area contributed by atoms with Gasteiger partial charge in [0.25, 0.3) is 0 Å². The molecule has 0 aromatic heterocycles. The van der Waals surface area contributed by atoms with Crippen LogP contribution in [0.25, 0.3) is 0 Å². The third-order valence-electron chi connectivity index (χ3n) is 1.68. The summed E-state index contributed by atoms with van der Waals surface area (Å²) in [6.45, 7) is 4.22. The molecule has 1 aromatic rings. The number of aryl methyl sites for hydroxylation is 1. The number of thioether (sulfide) groups is 1. The van der Waals surface area contributed by atoms with Gasteiger partial charge in [-0.25, -0.2) is 0 Å². The lowest BCUT2D eigenvalue weighted by molar-refractivity contribution is 0.411. The molecule has 0 saturated carbocycles. The fourth-order valence-corrected chi connectivity index (χ4v) is 1.87. The van der Waals surface area contributed by atoms with E-state index in [4.69, 9.17) is 4.74 Å². The summed E-state index contributed by atoms with van der Waals surface area (Å²) in [7, 11) is 1.70. The minimum Gasteiger partial charge on any atom is -0.496 e. The number of hydrogen-bond acceptors (Lipinski definition) is 2. The van der Waals surface area contributed by atoms with Crippen LogP contribution in [0.1, 0.15) is 12.5 Å². The summed E-state index contributed by atoms with van der Waals surface area (Å²) in [6.07, 6.45) is 0. The molecule has 0 aliphatic rings. The molecule has 0 fully saturated rings. The standard InChI is InChI=1S/C10H14OS/c1-4-12-9-5-6-10(11-3)8(2)7-9/h5-7H,4H2,1-3H3. The Kier molecular flexibility index (Phi) is 3.48. The van der Waals surface area contributed by atoms with Crippen molar-refractivity contribution in [2.45, 2.75) is 18.7 Å². The Balaban J connectivity index is 2.86. The maximum absolute atomic E-state index is 5.17. The highest BCUT2D eigenvalue weighted by Gasteiger charge is 1.98. The van der Waals surface area contributed by atoms with Gasteiger partial charge in [0.2, 0.25) is 0 Å². The minimum absolute atomic E-state index is 0.968. The summed E-state index contributed by atoms with van der Waals surface area (Å²) in [5, 5.41) is 0. The van der Waals surface area contributed by atoms with Crippen molar-refractivity contribution < 1.29 is 4.74 Å². The van der Waals surface area contributed by atoms with E-state index in [1.54, 1.807) is 7.11 Å². The molecule has 0 radical (unpaired) electrons. The highest BCUT2D eigenvalue weighted by Crippen LogP contribution is 2.24. The molecule has 12 heavy (non-hydrogen) atoms. The van der Waals surface area contributed by atoms with Crippen molar-refractivity contribution in [3.8, 4) is 5.75 Å². The Hall–Kier alpha value is -0.630. The van der Waals surface area contributed by atoms with Crippen LogP contribution in [0.4, 0.5) is 0 Å². The zero-order valence-corrected chi connectivity index (χ0v) is 8.57. The summed E-state index contributed by atoms with van der Waals surface area (Å²) >= 11 is 1.85. The van der Waals surface area contributed by atoms with E-state index in [9.17, 15) is 0 Å². The molecule has 1 aromatic carbocycles. The fraction of sp³-hybridized carbons (Fsp3) is 0.400. The van der Waals surface area contributed by atoms with E-state index in [0.29, 0.717) is 0 Å². The average Bonchev–Trinajstić information content (AvgIpc) is 2.05. The lowest BCUT2D eigenvalue weighted by atomic mass is 10.2. The van der Waals surface area contributed by atoms with Crippen LogP contribution in [0.15, 0.2) is 23.1 Å². The molecule has 0 bridgehead atoms. The van der Waals surface area contributed by atoms with Gasteiger partial charge in [-0.05, 0) is 36.4 Å². The van der Waals surface area contributed by atoms with Crippen LogP contribution in [0.3, 0.4) is 0 Å². The van der Waals surface area contributed by atoms with Crippen molar-refractivity contribution in [1.29, 1.82) is 0 Å². The third-order valence-corrected chi connectivity index (χ3v) is 2.55. The summed E-state index contributed by atoms with van der Waals surface area (Å²) in [6, 6.07) is 6.28. The second-order valence-corrected chi connectivity index (χ2v) is 3.90. The Morgan fingerprint density at radius 1 is 1.42 bits per heavy atom. The topological polar surface area (TPSA) is 9.23 Å². The summed E-state index contributed by atoms with van der Waals surface area (Å²) in [4.78, 5) is 1.32. The van der Waals surface area contributed by atoms with Crippen molar-refractivity contribution in [3.63, 3.8) is 0 Å². The zero-order valence-electron chi connectivity index (χ0n) is 7.76. The Bertz CT molecular complexity index is 258. The van der Waals surface area contributed by atoms with E-state index in [1.807, 2.05) is 17.8 Å². The predicted octanol–water partition coefficient (Wildman–Crippen LogP) is 3.12. The second-order valence-electron chi connectivity index (χ2n) is 2.56. The summed E-state index contributed by atoms with van der Waals surface area (Å²) < 4.78 is 5.17. The molecule has 0 N–H and O–H groups in total. The van der Waals surface area contributed by atoms with Crippen LogP contribution < -0.4 is 4.74 Å². The largest absolute Gasteiger partial charge is 0.496 e. The second kappa shape index (κ2) is 4.41. The van der Waals surface area contributed by atoms with Crippen LogP contribution in [0.2, 0.25) is 0 Å². The number of benzene rings is 1. The molecule has 0 aliphatic carbocycles. The van der Waals surface area contributed by atoms with Gasteiger partial charge < -0.3 is 4.74 Å². The van der Waals surface area contributed by atoms with Crippen molar-refractivity contribution in [2.24, 2.45) is 0 Å². The molecule has 0 unspecified atom stereocenters. The normalized spacial score (nSPS) is 9.92. The van der Waals surface area contributed by atoms with E-state index in [2.05, 4.69) is 26.0 Å². The van der Waals surface area contributed by atoms with Crippen molar-refractivity contribution in [3.05, 3.63) is 23.8 Å².